The maximum atomic E-state index is 5.87. The molecule has 2 aromatic rings. The fraction of sp³-hybridized carbons (Fsp3) is 0.400. The maximum Gasteiger partial charge on any atom is 0.122 e. The van der Waals surface area contributed by atoms with Crippen LogP contribution in [0.25, 0.3) is 0 Å². The monoisotopic (exact) mass is 298 g/mol. The largest absolute Gasteiger partial charge is 0.493 e. The Bertz CT molecular complexity index is 565. The molecule has 2 nitrogen and oxygen atoms in total. The van der Waals surface area contributed by atoms with Gasteiger partial charge in [0.05, 0.1) is 13.2 Å². The van der Waals surface area contributed by atoms with Gasteiger partial charge in [0.15, 0.2) is 0 Å². The van der Waals surface area contributed by atoms with E-state index in [9.17, 15) is 0 Å². The second-order valence-electron chi connectivity index (χ2n) is 6.05. The highest BCUT2D eigenvalue weighted by Crippen LogP contribution is 2.18. The fourth-order valence-corrected chi connectivity index (χ4v) is 2.65. The van der Waals surface area contributed by atoms with Crippen LogP contribution in [0.5, 0.6) is 5.75 Å². The van der Waals surface area contributed by atoms with Crippen molar-refractivity contribution in [2.45, 2.75) is 39.7 Å². The van der Waals surface area contributed by atoms with Gasteiger partial charge < -0.3 is 10.1 Å². The summed E-state index contributed by atoms with van der Waals surface area (Å²) in [6.45, 7) is 8.43. The summed E-state index contributed by atoms with van der Waals surface area (Å²) in [6, 6.07) is 17.6. The van der Waals surface area contributed by atoms with E-state index in [0.717, 1.165) is 25.3 Å². The number of nitrogens with two attached hydrogens (primary N) is 1. The average molecular weight is 298 g/mol. The first-order valence-electron chi connectivity index (χ1n) is 8.25. The minimum Gasteiger partial charge on any atom is -0.493 e. The Hall–Kier alpha value is -1.80. The van der Waals surface area contributed by atoms with E-state index in [1.54, 1.807) is 0 Å². The van der Waals surface area contributed by atoms with Gasteiger partial charge in [-0.3, -0.25) is 0 Å². The number of unbranched alkanes of at least 4 members (excludes halogenated alkanes) is 1. The molecule has 0 amide bonds. The summed E-state index contributed by atoms with van der Waals surface area (Å²) in [7, 11) is 0. The van der Waals surface area contributed by atoms with Crippen LogP contribution in [0.4, 0.5) is 0 Å². The summed E-state index contributed by atoms with van der Waals surface area (Å²) in [5.74, 6) is 1.02. The van der Waals surface area contributed by atoms with Gasteiger partial charge in [-0.15, -0.1) is 0 Å². The van der Waals surface area contributed by atoms with E-state index in [0.29, 0.717) is 6.04 Å². The first kappa shape index (κ1) is 16.6. The zero-order valence-corrected chi connectivity index (χ0v) is 14.0. The van der Waals surface area contributed by atoms with E-state index >= 15 is 0 Å². The van der Waals surface area contributed by atoms with E-state index in [1.165, 1.54) is 23.1 Å². The maximum absolute atomic E-state index is 5.87. The van der Waals surface area contributed by atoms with Gasteiger partial charge in [-0.2, -0.15) is 0 Å². The van der Waals surface area contributed by atoms with Crippen molar-refractivity contribution in [2.75, 3.05) is 13.2 Å². The van der Waals surface area contributed by atoms with Gasteiger partial charge in [0, 0.05) is 5.56 Å². The molecule has 0 saturated carbocycles. The molecule has 0 aliphatic rings. The van der Waals surface area contributed by atoms with Gasteiger partial charge in [-0.25, -0.2) is 0 Å². The molecule has 0 fully saturated rings. The van der Waals surface area contributed by atoms with Crippen LogP contribution in [0.15, 0.2) is 48.5 Å². The molecule has 0 heterocycles. The molecule has 0 saturated heterocycles. The molecule has 0 aliphatic heterocycles. The Kier molecular flexibility index (Phi) is 6.47. The van der Waals surface area contributed by atoms with Gasteiger partial charge in [0.25, 0.3) is 0 Å². The lowest BCUT2D eigenvalue weighted by Gasteiger charge is -2.12. The van der Waals surface area contributed by atoms with Gasteiger partial charge in [-0.1, -0.05) is 48.0 Å². The first-order valence-corrected chi connectivity index (χ1v) is 8.25. The lowest BCUT2D eigenvalue weighted by Crippen LogP contribution is -2.84. The van der Waals surface area contributed by atoms with Crippen molar-refractivity contribution < 1.29 is 10.1 Å². The fourth-order valence-electron chi connectivity index (χ4n) is 2.65. The average Bonchev–Trinajstić information content (AvgIpc) is 2.53. The summed E-state index contributed by atoms with van der Waals surface area (Å²) in [4.78, 5) is 0. The molecule has 0 unspecified atom stereocenters. The number of aryl methyl sites for hydroxylation is 2. The van der Waals surface area contributed by atoms with Crippen LogP contribution < -0.4 is 10.1 Å². The number of hydrogen-bond acceptors (Lipinski definition) is 1. The van der Waals surface area contributed by atoms with Crippen LogP contribution >= 0.6 is 0 Å². The summed E-state index contributed by atoms with van der Waals surface area (Å²) < 4.78 is 5.87. The summed E-state index contributed by atoms with van der Waals surface area (Å²) >= 11 is 0. The lowest BCUT2D eigenvalue weighted by molar-refractivity contribution is -0.693. The highest BCUT2D eigenvalue weighted by Gasteiger charge is 2.06. The number of benzene rings is 2. The van der Waals surface area contributed by atoms with Gasteiger partial charge in [0.2, 0.25) is 0 Å². The lowest BCUT2D eigenvalue weighted by atomic mass is 10.1. The molecule has 0 bridgehead atoms. The number of ether oxygens (including phenoxy) is 1. The molecular weight excluding hydrogens is 270 g/mol. The van der Waals surface area contributed by atoms with Crippen LogP contribution in [0.2, 0.25) is 0 Å². The van der Waals surface area contributed by atoms with Crippen molar-refractivity contribution >= 4 is 0 Å². The predicted octanol–water partition coefficient (Wildman–Crippen LogP) is 3.79. The van der Waals surface area contributed by atoms with Crippen molar-refractivity contribution in [3.8, 4) is 5.75 Å². The molecule has 2 aromatic carbocycles. The van der Waals surface area contributed by atoms with Crippen LogP contribution in [0.1, 0.15) is 42.5 Å². The molecule has 22 heavy (non-hydrogen) atoms. The molecule has 2 rings (SSSR count). The Morgan fingerprint density at radius 1 is 1.00 bits per heavy atom. The Morgan fingerprint density at radius 2 is 1.77 bits per heavy atom. The van der Waals surface area contributed by atoms with Gasteiger partial charge in [0.1, 0.15) is 11.8 Å². The first-order chi connectivity index (χ1) is 10.7. The summed E-state index contributed by atoms with van der Waals surface area (Å²) in [5, 5.41) is 2.41. The van der Waals surface area contributed by atoms with Crippen molar-refractivity contribution in [3.63, 3.8) is 0 Å². The highest BCUT2D eigenvalue weighted by molar-refractivity contribution is 5.35. The molecule has 2 N–H and O–H groups in total. The van der Waals surface area contributed by atoms with Gasteiger partial charge in [-0.05, 0) is 45.2 Å². The van der Waals surface area contributed by atoms with Crippen molar-refractivity contribution in [3.05, 3.63) is 65.2 Å². The van der Waals surface area contributed by atoms with Crippen molar-refractivity contribution in [2.24, 2.45) is 0 Å². The molecule has 0 radical (unpaired) electrons. The third-order valence-electron chi connectivity index (χ3n) is 4.03. The van der Waals surface area contributed by atoms with Crippen LogP contribution in [0, 0.1) is 13.8 Å². The van der Waals surface area contributed by atoms with Crippen molar-refractivity contribution in [1.29, 1.82) is 0 Å². The van der Waals surface area contributed by atoms with Crippen LogP contribution in [0.3, 0.4) is 0 Å². The minimum absolute atomic E-state index is 0.529. The zero-order valence-electron chi connectivity index (χ0n) is 14.0. The molecular formula is C20H28NO+. The normalized spacial score (nSPS) is 12.1. The summed E-state index contributed by atoms with van der Waals surface area (Å²) in [5.41, 5.74) is 3.91. The molecule has 0 spiro atoms. The number of rotatable bonds is 8. The Morgan fingerprint density at radius 3 is 2.50 bits per heavy atom. The van der Waals surface area contributed by atoms with Crippen LogP contribution in [-0.4, -0.2) is 13.2 Å². The molecule has 2 heteroatoms. The van der Waals surface area contributed by atoms with Gasteiger partial charge >= 0.3 is 0 Å². The van der Waals surface area contributed by atoms with E-state index in [1.807, 2.05) is 0 Å². The quantitative estimate of drug-likeness (QED) is 0.737. The molecule has 118 valence electrons. The SMILES string of the molecule is Cc1ccc(OCCCC[NH2+][C@H](C)c2ccccc2)c(C)c1. The topological polar surface area (TPSA) is 25.8 Å². The predicted molar refractivity (Wildman–Crippen MR) is 92.3 cm³/mol. The smallest absolute Gasteiger partial charge is 0.122 e. The van der Waals surface area contributed by atoms with E-state index in [2.05, 4.69) is 74.6 Å². The second-order valence-corrected chi connectivity index (χ2v) is 6.05. The number of hydrogen-bond donors (Lipinski definition) is 1. The Labute approximate surface area is 134 Å². The van der Waals surface area contributed by atoms with E-state index in [4.69, 9.17) is 4.74 Å². The Balaban J connectivity index is 1.61. The van der Waals surface area contributed by atoms with E-state index in [-0.39, 0.29) is 0 Å². The second kappa shape index (κ2) is 8.60. The van der Waals surface area contributed by atoms with Crippen LogP contribution in [-0.2, 0) is 0 Å². The zero-order chi connectivity index (χ0) is 15.8. The molecule has 1 atom stereocenters. The third kappa shape index (κ3) is 5.19. The summed E-state index contributed by atoms with van der Waals surface area (Å²) in [6.07, 6.45) is 2.29. The third-order valence-corrected chi connectivity index (χ3v) is 4.03. The molecule has 0 aromatic heterocycles. The van der Waals surface area contributed by atoms with E-state index < -0.39 is 0 Å². The molecule has 0 aliphatic carbocycles. The standard InChI is InChI=1S/C20H27NO/c1-16-11-12-20(17(2)15-16)22-14-8-7-13-21-18(3)19-9-5-4-6-10-19/h4-6,9-12,15,18,21H,7-8,13-14H2,1-3H3/p+1/t18-/m1/s1. The minimum atomic E-state index is 0.529. The highest BCUT2D eigenvalue weighted by atomic mass is 16.5. The number of quaternary nitrogens is 1. The van der Waals surface area contributed by atoms with Crippen molar-refractivity contribution in [1.82, 2.24) is 0 Å².